The fourth-order valence-corrected chi connectivity index (χ4v) is 18.6. The highest BCUT2D eigenvalue weighted by Gasteiger charge is 2.50. The molecule has 6 heteroatoms. The second-order valence-corrected chi connectivity index (χ2v) is 26.6. The average Bonchev–Trinajstić information content (AvgIpc) is 1.51. The van der Waals surface area contributed by atoms with Crippen LogP contribution >= 0.6 is 0 Å². The van der Waals surface area contributed by atoms with Gasteiger partial charge in [0.25, 0.3) is 0 Å². The summed E-state index contributed by atoms with van der Waals surface area (Å²) in [5.74, 6) is 0. The van der Waals surface area contributed by atoms with Crippen molar-refractivity contribution in [3.8, 4) is 51.1 Å². The van der Waals surface area contributed by atoms with Crippen molar-refractivity contribution in [1.29, 1.82) is 5.26 Å². The van der Waals surface area contributed by atoms with Crippen LogP contribution < -0.4 is 0 Å². The molecule has 0 radical (unpaired) electrons. The maximum Gasteiger partial charge on any atom is 0.232 e. The molecular weight excluding hydrogens is 1210 g/mol. The van der Waals surface area contributed by atoms with E-state index in [4.69, 9.17) is 4.85 Å². The molecule has 4 heterocycles. The zero-order valence-electron chi connectivity index (χ0n) is 54.0. The molecule has 19 aromatic rings. The molecule has 0 amide bonds. The summed E-state index contributed by atoms with van der Waals surface area (Å²) in [4.78, 5) is 4.91. The van der Waals surface area contributed by atoms with Gasteiger partial charge in [-0.25, -0.2) is 4.85 Å². The average molecular weight is 1270 g/mol. The van der Waals surface area contributed by atoms with Gasteiger partial charge in [-0.1, -0.05) is 291 Å². The van der Waals surface area contributed by atoms with E-state index in [0.29, 0.717) is 11.4 Å². The van der Waals surface area contributed by atoms with Gasteiger partial charge in [-0.05, 0) is 115 Å². The van der Waals surface area contributed by atoms with E-state index in [-0.39, 0.29) is 11.3 Å². The Bertz CT molecular complexity index is 6190. The summed E-state index contributed by atoms with van der Waals surface area (Å²) in [5.41, 5.74) is 23.0. The van der Waals surface area contributed by atoms with Crippen LogP contribution in [-0.2, 0) is 10.8 Å². The van der Waals surface area contributed by atoms with Crippen molar-refractivity contribution in [2.75, 3.05) is 0 Å². The number of benzene rings is 15. The van der Waals surface area contributed by atoms with E-state index in [1.165, 1.54) is 33.4 Å². The summed E-state index contributed by atoms with van der Waals surface area (Å²) in [6.45, 7) is 10.2. The minimum atomic E-state index is -0.785. The summed E-state index contributed by atoms with van der Waals surface area (Å²) in [7, 11) is 0. The number of nitrogens with zero attached hydrogens (tertiary/aromatic N) is 6. The van der Waals surface area contributed by atoms with Crippen LogP contribution in [0.5, 0.6) is 0 Å². The molecule has 462 valence electrons. The van der Waals surface area contributed by atoms with Crippen LogP contribution in [0.25, 0.3) is 137 Å². The Balaban J connectivity index is 1.02. The molecule has 0 atom stereocenters. The van der Waals surface area contributed by atoms with Crippen LogP contribution in [-0.4, -0.2) is 18.3 Å². The molecule has 2 aliphatic rings. The standard InChI is InChI=1S/C94H56N6/c1-96-88-73(58-95)89(99-80-52-28-20-44-71(80)84-82(99)56-54-69-63-38-14-22-46-74(63)93(86(69)84,59-30-6-2-7-31-59)60-32-8-3-9-33-60)91(97-76-48-24-16-40-65(76)66-41-17-25-49-77(66)97)92(98-78-50-26-18-42-67(78)68-43-19-27-51-79(68)98)90(88)100-81-53-29-21-45-72(81)85-83(100)57-55-70-64-39-15-23-47-75(64)94(87(70)85,61-34-10-4-11-35-61)62-36-12-5-13-37-62/h2-57H. The first-order valence-electron chi connectivity index (χ1n) is 34.2. The predicted octanol–water partition coefficient (Wildman–Crippen LogP) is 23.2. The summed E-state index contributed by atoms with van der Waals surface area (Å²) in [6, 6.07) is 126. The molecule has 21 rings (SSSR count). The quantitative estimate of drug-likeness (QED) is 0.140. The minimum Gasteiger partial charge on any atom is -0.317 e. The molecule has 2 aliphatic carbocycles. The zero-order valence-corrected chi connectivity index (χ0v) is 54.0. The first-order valence-corrected chi connectivity index (χ1v) is 34.2. The van der Waals surface area contributed by atoms with E-state index in [1.807, 2.05) is 0 Å². The van der Waals surface area contributed by atoms with Gasteiger partial charge in [0.1, 0.15) is 0 Å². The molecule has 0 saturated carbocycles. The first-order chi connectivity index (χ1) is 49.6. The van der Waals surface area contributed by atoms with Crippen LogP contribution in [0.15, 0.2) is 340 Å². The maximum atomic E-state index is 13.1. The molecule has 0 saturated heterocycles. The number of hydrogen-bond acceptors (Lipinski definition) is 1. The molecular formula is C94H56N6. The van der Waals surface area contributed by atoms with Crippen molar-refractivity contribution in [3.05, 3.63) is 401 Å². The molecule has 0 N–H and O–H groups in total. The highest BCUT2D eigenvalue weighted by atomic mass is 15.2. The van der Waals surface area contributed by atoms with E-state index in [0.717, 1.165) is 132 Å². The van der Waals surface area contributed by atoms with Crippen LogP contribution in [0.2, 0.25) is 0 Å². The molecule has 0 bridgehead atoms. The summed E-state index contributed by atoms with van der Waals surface area (Å²) < 4.78 is 9.59. The first kappa shape index (κ1) is 55.7. The molecule has 0 spiro atoms. The number of para-hydroxylation sites is 6. The van der Waals surface area contributed by atoms with E-state index < -0.39 is 10.8 Å². The lowest BCUT2D eigenvalue weighted by atomic mass is 9.67. The number of nitriles is 1. The minimum absolute atomic E-state index is 0.227. The molecule has 6 nitrogen and oxygen atoms in total. The zero-order chi connectivity index (χ0) is 66.0. The molecule has 0 aliphatic heterocycles. The van der Waals surface area contributed by atoms with Gasteiger partial charge in [0, 0.05) is 43.1 Å². The highest BCUT2D eigenvalue weighted by molar-refractivity contribution is 6.20. The molecule has 0 unspecified atom stereocenters. The number of rotatable bonds is 8. The number of aromatic nitrogens is 4. The van der Waals surface area contributed by atoms with Crippen LogP contribution in [0, 0.1) is 17.9 Å². The van der Waals surface area contributed by atoms with Gasteiger partial charge in [-0.15, -0.1) is 0 Å². The monoisotopic (exact) mass is 1270 g/mol. The third-order valence-corrected chi connectivity index (χ3v) is 22.1. The Morgan fingerprint density at radius 2 is 0.540 bits per heavy atom. The smallest absolute Gasteiger partial charge is 0.232 e. The topological polar surface area (TPSA) is 47.9 Å². The summed E-state index contributed by atoms with van der Waals surface area (Å²) >= 11 is 0. The normalized spacial score (nSPS) is 13.3. The Morgan fingerprint density at radius 3 is 0.890 bits per heavy atom. The van der Waals surface area contributed by atoms with Gasteiger partial charge in [0.15, 0.2) is 0 Å². The SMILES string of the molecule is [C-]#[N+]c1c(C#N)c(-n2c3ccccc3c3c4c(ccc32)-c2ccccc2C4(c2ccccc2)c2ccccc2)c(-n2c3ccccc3c3ccccc32)c(-n2c3ccccc3c3ccccc32)c1-n1c2ccccc2c2c3c(ccc21)-c1ccccc1C3(c1ccccc1)c1ccccc1. The van der Waals surface area contributed by atoms with Gasteiger partial charge < -0.3 is 18.3 Å². The van der Waals surface area contributed by atoms with E-state index in [1.54, 1.807) is 0 Å². The van der Waals surface area contributed by atoms with Crippen molar-refractivity contribution < 1.29 is 0 Å². The van der Waals surface area contributed by atoms with Crippen LogP contribution in [0.1, 0.15) is 50.1 Å². The van der Waals surface area contributed by atoms with Crippen molar-refractivity contribution in [2.45, 2.75) is 10.8 Å². The largest absolute Gasteiger partial charge is 0.317 e. The summed E-state index contributed by atoms with van der Waals surface area (Å²) in [5, 5.41) is 21.5. The fourth-order valence-electron chi connectivity index (χ4n) is 18.6. The lowest BCUT2D eigenvalue weighted by Crippen LogP contribution is -2.28. The lowest BCUT2D eigenvalue weighted by molar-refractivity contribution is 0.776. The Labute approximate surface area is 576 Å². The van der Waals surface area contributed by atoms with Crippen molar-refractivity contribution in [3.63, 3.8) is 0 Å². The molecule has 4 aromatic heterocycles. The second kappa shape index (κ2) is 21.0. The Kier molecular flexibility index (Phi) is 11.7. The van der Waals surface area contributed by atoms with Crippen molar-refractivity contribution in [1.82, 2.24) is 18.3 Å². The van der Waals surface area contributed by atoms with Gasteiger partial charge in [0.05, 0.1) is 95.9 Å². The van der Waals surface area contributed by atoms with Crippen molar-refractivity contribution in [2.24, 2.45) is 0 Å². The van der Waals surface area contributed by atoms with E-state index >= 15 is 0 Å². The fraction of sp³-hybridized carbons (Fsp3) is 0.0213. The molecule has 15 aromatic carbocycles. The van der Waals surface area contributed by atoms with E-state index in [2.05, 4.69) is 364 Å². The van der Waals surface area contributed by atoms with Gasteiger partial charge >= 0.3 is 0 Å². The van der Waals surface area contributed by atoms with Gasteiger partial charge in [-0.3, -0.25) is 0 Å². The highest BCUT2D eigenvalue weighted by Crippen LogP contribution is 2.63. The maximum absolute atomic E-state index is 13.1. The second-order valence-electron chi connectivity index (χ2n) is 26.6. The lowest BCUT2D eigenvalue weighted by Gasteiger charge is -2.34. The Hall–Kier alpha value is -13.5. The van der Waals surface area contributed by atoms with Gasteiger partial charge in [0.2, 0.25) is 5.69 Å². The number of fused-ring (bicyclic) bond motifs is 20. The van der Waals surface area contributed by atoms with E-state index in [9.17, 15) is 11.8 Å². The van der Waals surface area contributed by atoms with Crippen LogP contribution in [0.3, 0.4) is 0 Å². The number of hydrogen-bond donors (Lipinski definition) is 0. The summed E-state index contributed by atoms with van der Waals surface area (Å²) in [6.07, 6.45) is 0. The van der Waals surface area contributed by atoms with Crippen molar-refractivity contribution >= 4 is 92.9 Å². The molecule has 0 fully saturated rings. The Morgan fingerprint density at radius 1 is 0.260 bits per heavy atom. The third-order valence-electron chi connectivity index (χ3n) is 22.1. The van der Waals surface area contributed by atoms with Gasteiger partial charge in [-0.2, -0.15) is 5.26 Å². The molecule has 100 heavy (non-hydrogen) atoms. The third kappa shape index (κ3) is 7.07. The van der Waals surface area contributed by atoms with Crippen LogP contribution in [0.4, 0.5) is 5.69 Å². The predicted molar refractivity (Wildman–Crippen MR) is 409 cm³/mol.